The van der Waals surface area contributed by atoms with Gasteiger partial charge in [-0.3, -0.25) is 4.79 Å². The van der Waals surface area contributed by atoms with Gasteiger partial charge in [-0.05, 0) is 56.5 Å². The first-order valence-corrected chi connectivity index (χ1v) is 9.42. The van der Waals surface area contributed by atoms with Gasteiger partial charge in [-0.25, -0.2) is 8.42 Å². The predicted octanol–water partition coefficient (Wildman–Crippen LogP) is 2.29. The molecule has 1 aromatic carbocycles. The van der Waals surface area contributed by atoms with Gasteiger partial charge in [0.15, 0.2) is 9.84 Å². The average molecular weight is 361 g/mol. The summed E-state index contributed by atoms with van der Waals surface area (Å²) in [5, 5.41) is 2.54. The molecule has 7 heteroatoms. The lowest BCUT2D eigenvalue weighted by Gasteiger charge is -2.11. The number of sulfone groups is 1. The summed E-state index contributed by atoms with van der Waals surface area (Å²) < 4.78 is 24.9. The number of amides is 1. The zero-order chi connectivity index (χ0) is 16.0. The molecule has 0 heterocycles. The highest BCUT2D eigenvalue weighted by Crippen LogP contribution is 2.29. The third-order valence-corrected chi connectivity index (χ3v) is 6.38. The van der Waals surface area contributed by atoms with Crippen LogP contribution in [0, 0.1) is 0 Å². The summed E-state index contributed by atoms with van der Waals surface area (Å²) in [4.78, 5) is 12.3. The number of rotatable bonds is 7. The molecular weight excluding hydrogens is 336 g/mol. The van der Waals surface area contributed by atoms with E-state index in [-0.39, 0.29) is 23.6 Å². The Morgan fingerprint density at radius 2 is 1.74 bits per heavy atom. The minimum Gasteiger partial charge on any atom is -0.352 e. The maximum Gasteiger partial charge on any atom is 0.251 e. The SMILES string of the molecule is Cl.NCCCCNC(=O)c1ccc(S(=O)(=O)C2CCCC2)cc1. The van der Waals surface area contributed by atoms with Crippen molar-refractivity contribution in [2.45, 2.75) is 48.7 Å². The van der Waals surface area contributed by atoms with Crippen LogP contribution < -0.4 is 11.1 Å². The van der Waals surface area contributed by atoms with Gasteiger partial charge in [0.25, 0.3) is 5.91 Å². The molecule has 0 atom stereocenters. The smallest absolute Gasteiger partial charge is 0.251 e. The molecule has 1 aliphatic rings. The standard InChI is InChI=1S/C16H24N2O3S.ClH/c17-11-3-4-12-18-16(19)13-7-9-15(10-8-13)22(20,21)14-5-1-2-6-14;/h7-10,14H,1-6,11-12,17H2,(H,18,19);1H. The summed E-state index contributed by atoms with van der Waals surface area (Å²) in [6, 6.07) is 6.26. The summed E-state index contributed by atoms with van der Waals surface area (Å²) in [5.41, 5.74) is 5.88. The number of carbonyl (C=O) groups is 1. The molecule has 3 N–H and O–H groups in total. The van der Waals surface area contributed by atoms with Crippen molar-refractivity contribution in [1.29, 1.82) is 0 Å². The summed E-state index contributed by atoms with van der Waals surface area (Å²) in [7, 11) is -3.25. The highest BCUT2D eigenvalue weighted by atomic mass is 35.5. The third-order valence-electron chi connectivity index (χ3n) is 4.10. The quantitative estimate of drug-likeness (QED) is 0.730. The Labute approximate surface area is 144 Å². The molecule has 0 aliphatic heterocycles. The summed E-state index contributed by atoms with van der Waals surface area (Å²) in [6.45, 7) is 1.20. The van der Waals surface area contributed by atoms with Crippen LogP contribution in [0.15, 0.2) is 29.2 Å². The van der Waals surface area contributed by atoms with E-state index in [2.05, 4.69) is 5.32 Å². The first kappa shape index (κ1) is 19.9. The number of halogens is 1. The average Bonchev–Trinajstić information content (AvgIpc) is 3.07. The van der Waals surface area contributed by atoms with Gasteiger partial charge >= 0.3 is 0 Å². The van der Waals surface area contributed by atoms with Gasteiger partial charge in [-0.15, -0.1) is 12.4 Å². The van der Waals surface area contributed by atoms with E-state index in [0.29, 0.717) is 23.5 Å². The van der Waals surface area contributed by atoms with Gasteiger partial charge in [0.05, 0.1) is 10.1 Å². The molecule has 0 aromatic heterocycles. The van der Waals surface area contributed by atoms with Crippen molar-refractivity contribution in [2.75, 3.05) is 13.1 Å². The molecule has 2 rings (SSSR count). The molecule has 0 spiro atoms. The Morgan fingerprint density at radius 1 is 1.13 bits per heavy atom. The van der Waals surface area contributed by atoms with Crippen LogP contribution in [0.3, 0.4) is 0 Å². The fourth-order valence-electron chi connectivity index (χ4n) is 2.76. The number of benzene rings is 1. The van der Waals surface area contributed by atoms with E-state index < -0.39 is 9.84 Å². The lowest BCUT2D eigenvalue weighted by Crippen LogP contribution is -2.25. The van der Waals surface area contributed by atoms with Crippen LogP contribution in [0.25, 0.3) is 0 Å². The molecule has 1 aliphatic carbocycles. The van der Waals surface area contributed by atoms with Gasteiger partial charge in [0.1, 0.15) is 0 Å². The van der Waals surface area contributed by atoms with Gasteiger partial charge in [-0.1, -0.05) is 12.8 Å². The minimum atomic E-state index is -3.25. The van der Waals surface area contributed by atoms with Crippen LogP contribution in [0.1, 0.15) is 48.9 Å². The molecule has 5 nitrogen and oxygen atoms in total. The Bertz CT molecular complexity index is 596. The number of hydrogen-bond acceptors (Lipinski definition) is 4. The van der Waals surface area contributed by atoms with Gasteiger partial charge in [-0.2, -0.15) is 0 Å². The molecule has 0 saturated heterocycles. The van der Waals surface area contributed by atoms with Crippen LogP contribution in [-0.2, 0) is 9.84 Å². The number of unbranched alkanes of at least 4 members (excludes halogenated alkanes) is 1. The molecule has 1 fully saturated rings. The second kappa shape index (κ2) is 9.25. The molecule has 0 bridgehead atoms. The van der Waals surface area contributed by atoms with E-state index in [1.165, 1.54) is 0 Å². The molecular formula is C16H25ClN2O3S. The lowest BCUT2D eigenvalue weighted by atomic mass is 10.2. The second-order valence-electron chi connectivity index (χ2n) is 5.73. The van der Waals surface area contributed by atoms with Crippen LogP contribution in [0.4, 0.5) is 0 Å². The third kappa shape index (κ3) is 5.19. The van der Waals surface area contributed by atoms with Crippen molar-refractivity contribution >= 4 is 28.2 Å². The molecule has 1 amide bonds. The molecule has 1 aromatic rings. The van der Waals surface area contributed by atoms with Gasteiger partial charge in [0.2, 0.25) is 0 Å². The van der Waals surface area contributed by atoms with Crippen LogP contribution in [-0.4, -0.2) is 32.7 Å². The minimum absolute atomic E-state index is 0. The molecule has 130 valence electrons. The zero-order valence-corrected chi connectivity index (χ0v) is 14.8. The topological polar surface area (TPSA) is 89.3 Å². The predicted molar refractivity (Wildman–Crippen MR) is 93.8 cm³/mol. The molecule has 0 unspecified atom stereocenters. The number of nitrogens with two attached hydrogens (primary N) is 1. The van der Waals surface area contributed by atoms with E-state index >= 15 is 0 Å². The second-order valence-corrected chi connectivity index (χ2v) is 7.96. The molecule has 23 heavy (non-hydrogen) atoms. The molecule has 0 radical (unpaired) electrons. The Kier molecular flexibility index (Phi) is 8.02. The lowest BCUT2D eigenvalue weighted by molar-refractivity contribution is 0.0953. The van der Waals surface area contributed by atoms with E-state index in [9.17, 15) is 13.2 Å². The summed E-state index contributed by atoms with van der Waals surface area (Å²) >= 11 is 0. The van der Waals surface area contributed by atoms with Gasteiger partial charge in [0, 0.05) is 12.1 Å². The summed E-state index contributed by atoms with van der Waals surface area (Å²) in [6.07, 6.45) is 5.16. The maximum atomic E-state index is 12.4. The Morgan fingerprint density at radius 3 is 2.30 bits per heavy atom. The number of nitrogens with one attached hydrogen (secondary N) is 1. The zero-order valence-electron chi connectivity index (χ0n) is 13.2. The number of carbonyl (C=O) groups excluding carboxylic acids is 1. The fourth-order valence-corrected chi connectivity index (χ4v) is 4.61. The van der Waals surface area contributed by atoms with Crippen molar-refractivity contribution in [3.63, 3.8) is 0 Å². The van der Waals surface area contributed by atoms with Crippen molar-refractivity contribution in [3.05, 3.63) is 29.8 Å². The van der Waals surface area contributed by atoms with Crippen LogP contribution >= 0.6 is 12.4 Å². The largest absolute Gasteiger partial charge is 0.352 e. The number of hydrogen-bond donors (Lipinski definition) is 2. The highest BCUT2D eigenvalue weighted by molar-refractivity contribution is 7.92. The Hall–Kier alpha value is -1.11. The van der Waals surface area contributed by atoms with Crippen LogP contribution in [0.5, 0.6) is 0 Å². The first-order chi connectivity index (χ1) is 10.6. The van der Waals surface area contributed by atoms with Crippen molar-refractivity contribution < 1.29 is 13.2 Å². The van der Waals surface area contributed by atoms with Gasteiger partial charge < -0.3 is 11.1 Å². The normalized spacial score (nSPS) is 15.2. The van der Waals surface area contributed by atoms with Crippen LogP contribution in [0.2, 0.25) is 0 Å². The fraction of sp³-hybridized carbons (Fsp3) is 0.562. The Balaban J connectivity index is 0.00000264. The van der Waals surface area contributed by atoms with E-state index in [1.807, 2.05) is 0 Å². The van der Waals surface area contributed by atoms with E-state index in [0.717, 1.165) is 38.5 Å². The van der Waals surface area contributed by atoms with E-state index in [1.54, 1.807) is 24.3 Å². The first-order valence-electron chi connectivity index (χ1n) is 7.88. The van der Waals surface area contributed by atoms with Crippen molar-refractivity contribution in [3.8, 4) is 0 Å². The summed E-state index contributed by atoms with van der Waals surface area (Å²) in [5.74, 6) is -0.179. The maximum absolute atomic E-state index is 12.4. The monoisotopic (exact) mass is 360 g/mol. The van der Waals surface area contributed by atoms with E-state index in [4.69, 9.17) is 5.73 Å². The van der Waals surface area contributed by atoms with Crippen molar-refractivity contribution in [1.82, 2.24) is 5.32 Å². The molecule has 1 saturated carbocycles. The van der Waals surface area contributed by atoms with Crippen molar-refractivity contribution in [2.24, 2.45) is 5.73 Å². The highest BCUT2D eigenvalue weighted by Gasteiger charge is 2.30.